The highest BCUT2D eigenvalue weighted by Crippen LogP contribution is 2.32. The lowest BCUT2D eigenvalue weighted by Crippen LogP contribution is -2.11. The molecule has 0 amide bonds. The fourth-order valence-corrected chi connectivity index (χ4v) is 2.15. The van der Waals surface area contributed by atoms with Gasteiger partial charge in [0.05, 0.1) is 13.0 Å². The minimum Gasteiger partial charge on any atom is -0.469 e. The van der Waals surface area contributed by atoms with Crippen LogP contribution in [0.1, 0.15) is 31.1 Å². The van der Waals surface area contributed by atoms with E-state index in [0.29, 0.717) is 0 Å². The molecule has 0 saturated carbocycles. The standard InChI is InChI=1S/C14H16O3/c1-4-11-13(9(2)14(15)16-3)10-7-5-6-8-12(10)17-11/h5-9H,4H2,1-3H3. The number of benzene rings is 1. The van der Waals surface area contributed by atoms with Crippen LogP contribution >= 0.6 is 0 Å². The van der Waals surface area contributed by atoms with Gasteiger partial charge in [-0.05, 0) is 13.0 Å². The first-order chi connectivity index (χ1) is 8.19. The molecule has 2 rings (SSSR count). The molecule has 3 nitrogen and oxygen atoms in total. The lowest BCUT2D eigenvalue weighted by Gasteiger charge is -2.09. The number of hydrogen-bond donors (Lipinski definition) is 0. The highest BCUT2D eigenvalue weighted by atomic mass is 16.5. The Labute approximate surface area is 100 Å². The molecule has 90 valence electrons. The van der Waals surface area contributed by atoms with Crippen LogP contribution in [0.25, 0.3) is 11.0 Å². The first-order valence-corrected chi connectivity index (χ1v) is 5.77. The van der Waals surface area contributed by atoms with E-state index in [2.05, 4.69) is 0 Å². The number of carbonyl (C=O) groups is 1. The summed E-state index contributed by atoms with van der Waals surface area (Å²) in [5.74, 6) is 0.342. The van der Waals surface area contributed by atoms with Gasteiger partial charge in [0.15, 0.2) is 0 Å². The van der Waals surface area contributed by atoms with Crippen molar-refractivity contribution in [1.82, 2.24) is 0 Å². The molecule has 1 heterocycles. The number of furan rings is 1. The SMILES string of the molecule is CCc1oc2ccccc2c1C(C)C(=O)OC. The summed E-state index contributed by atoms with van der Waals surface area (Å²) in [6, 6.07) is 7.78. The average molecular weight is 232 g/mol. The molecule has 17 heavy (non-hydrogen) atoms. The van der Waals surface area contributed by atoms with Crippen LogP contribution in [0.15, 0.2) is 28.7 Å². The van der Waals surface area contributed by atoms with E-state index in [0.717, 1.165) is 28.7 Å². The van der Waals surface area contributed by atoms with E-state index in [-0.39, 0.29) is 11.9 Å². The fourth-order valence-electron chi connectivity index (χ4n) is 2.15. The van der Waals surface area contributed by atoms with Gasteiger partial charge in [0, 0.05) is 17.4 Å². The predicted molar refractivity (Wildman–Crippen MR) is 66.0 cm³/mol. The van der Waals surface area contributed by atoms with Gasteiger partial charge >= 0.3 is 5.97 Å². The van der Waals surface area contributed by atoms with Gasteiger partial charge in [0.1, 0.15) is 11.3 Å². The van der Waals surface area contributed by atoms with Crippen molar-refractivity contribution in [3.05, 3.63) is 35.6 Å². The van der Waals surface area contributed by atoms with Crippen LogP contribution in [-0.2, 0) is 16.0 Å². The molecule has 1 aromatic heterocycles. The van der Waals surface area contributed by atoms with Gasteiger partial charge in [-0.15, -0.1) is 0 Å². The lowest BCUT2D eigenvalue weighted by atomic mass is 9.97. The van der Waals surface area contributed by atoms with Gasteiger partial charge in [0.25, 0.3) is 0 Å². The van der Waals surface area contributed by atoms with E-state index in [9.17, 15) is 4.79 Å². The topological polar surface area (TPSA) is 39.4 Å². The second kappa shape index (κ2) is 4.62. The fraction of sp³-hybridized carbons (Fsp3) is 0.357. The van der Waals surface area contributed by atoms with Crippen molar-refractivity contribution in [1.29, 1.82) is 0 Å². The molecule has 1 aromatic carbocycles. The number of aryl methyl sites for hydroxylation is 1. The zero-order valence-electron chi connectivity index (χ0n) is 10.3. The summed E-state index contributed by atoms with van der Waals surface area (Å²) in [6.07, 6.45) is 0.769. The largest absolute Gasteiger partial charge is 0.469 e. The third-order valence-electron chi connectivity index (χ3n) is 3.02. The summed E-state index contributed by atoms with van der Waals surface area (Å²) in [4.78, 5) is 11.7. The number of esters is 1. The van der Waals surface area contributed by atoms with Crippen LogP contribution in [0.3, 0.4) is 0 Å². The molecule has 0 spiro atoms. The smallest absolute Gasteiger partial charge is 0.313 e. The van der Waals surface area contributed by atoms with Gasteiger partial charge in [0.2, 0.25) is 0 Å². The van der Waals surface area contributed by atoms with Crippen molar-refractivity contribution in [2.75, 3.05) is 7.11 Å². The molecule has 3 heteroatoms. The lowest BCUT2D eigenvalue weighted by molar-refractivity contribution is -0.142. The van der Waals surface area contributed by atoms with Crippen molar-refractivity contribution in [2.24, 2.45) is 0 Å². The maximum Gasteiger partial charge on any atom is 0.313 e. The third-order valence-corrected chi connectivity index (χ3v) is 3.02. The van der Waals surface area contributed by atoms with Crippen LogP contribution < -0.4 is 0 Å². The summed E-state index contributed by atoms with van der Waals surface area (Å²) in [5, 5.41) is 1.00. The van der Waals surface area contributed by atoms with E-state index in [1.54, 1.807) is 0 Å². The number of carbonyl (C=O) groups excluding carboxylic acids is 1. The Balaban J connectivity index is 2.61. The third kappa shape index (κ3) is 1.93. The normalized spacial score (nSPS) is 12.6. The Morgan fingerprint density at radius 2 is 2.12 bits per heavy atom. The van der Waals surface area contributed by atoms with Gasteiger partial charge in [-0.3, -0.25) is 4.79 Å². The number of fused-ring (bicyclic) bond motifs is 1. The Morgan fingerprint density at radius 1 is 1.41 bits per heavy atom. The van der Waals surface area contributed by atoms with Gasteiger partial charge in [-0.25, -0.2) is 0 Å². The van der Waals surface area contributed by atoms with Crippen LogP contribution in [0, 0.1) is 0 Å². The number of hydrogen-bond acceptors (Lipinski definition) is 3. The molecule has 1 unspecified atom stereocenters. The molecule has 0 bridgehead atoms. The second-order valence-electron chi connectivity index (χ2n) is 4.03. The van der Waals surface area contributed by atoms with Crippen molar-refractivity contribution in [2.45, 2.75) is 26.2 Å². The minimum atomic E-state index is -0.293. The number of para-hydroxylation sites is 1. The zero-order chi connectivity index (χ0) is 12.4. The molecule has 0 aliphatic carbocycles. The van der Waals surface area contributed by atoms with E-state index < -0.39 is 0 Å². The Kier molecular flexibility index (Phi) is 3.18. The quantitative estimate of drug-likeness (QED) is 0.762. The first-order valence-electron chi connectivity index (χ1n) is 5.77. The van der Waals surface area contributed by atoms with Gasteiger partial charge in [-0.2, -0.15) is 0 Å². The van der Waals surface area contributed by atoms with Gasteiger partial charge < -0.3 is 9.15 Å². The Morgan fingerprint density at radius 3 is 2.76 bits per heavy atom. The van der Waals surface area contributed by atoms with E-state index in [1.165, 1.54) is 7.11 Å². The molecule has 0 saturated heterocycles. The van der Waals surface area contributed by atoms with Crippen molar-refractivity contribution >= 4 is 16.9 Å². The molecule has 2 aromatic rings. The van der Waals surface area contributed by atoms with E-state index >= 15 is 0 Å². The van der Waals surface area contributed by atoms with Crippen molar-refractivity contribution in [3.63, 3.8) is 0 Å². The zero-order valence-corrected chi connectivity index (χ0v) is 10.3. The number of ether oxygens (including phenoxy) is 1. The molecule has 1 atom stereocenters. The molecular formula is C14H16O3. The first kappa shape index (κ1) is 11.7. The maximum atomic E-state index is 11.7. The van der Waals surface area contributed by atoms with Crippen molar-refractivity contribution < 1.29 is 13.9 Å². The second-order valence-corrected chi connectivity index (χ2v) is 4.03. The van der Waals surface area contributed by atoms with E-state index in [4.69, 9.17) is 9.15 Å². The van der Waals surface area contributed by atoms with Crippen molar-refractivity contribution in [3.8, 4) is 0 Å². The molecule has 0 aliphatic rings. The maximum absolute atomic E-state index is 11.7. The summed E-state index contributed by atoms with van der Waals surface area (Å²) in [6.45, 7) is 3.87. The minimum absolute atomic E-state index is 0.230. The summed E-state index contributed by atoms with van der Waals surface area (Å²) >= 11 is 0. The van der Waals surface area contributed by atoms with Crippen LogP contribution in [-0.4, -0.2) is 13.1 Å². The molecule has 0 aliphatic heterocycles. The monoisotopic (exact) mass is 232 g/mol. The van der Waals surface area contributed by atoms with Crippen LogP contribution in [0.5, 0.6) is 0 Å². The molecule has 0 fully saturated rings. The number of rotatable bonds is 3. The van der Waals surface area contributed by atoms with Gasteiger partial charge in [-0.1, -0.05) is 25.1 Å². The van der Waals surface area contributed by atoms with Crippen LogP contribution in [0.4, 0.5) is 0 Å². The highest BCUT2D eigenvalue weighted by molar-refractivity contribution is 5.89. The predicted octanol–water partition coefficient (Wildman–Crippen LogP) is 3.27. The highest BCUT2D eigenvalue weighted by Gasteiger charge is 2.24. The summed E-state index contributed by atoms with van der Waals surface area (Å²) < 4.78 is 10.6. The molecule has 0 radical (unpaired) electrons. The van der Waals surface area contributed by atoms with E-state index in [1.807, 2.05) is 38.1 Å². The van der Waals surface area contributed by atoms with Crippen LogP contribution in [0.2, 0.25) is 0 Å². The number of methoxy groups -OCH3 is 1. The summed E-state index contributed by atoms with van der Waals surface area (Å²) in [5.41, 5.74) is 1.78. The Hall–Kier alpha value is -1.77. The average Bonchev–Trinajstić information content (AvgIpc) is 2.75. The molecule has 0 N–H and O–H groups in total. The summed E-state index contributed by atoms with van der Waals surface area (Å²) in [7, 11) is 1.41. The molecular weight excluding hydrogens is 216 g/mol. The Bertz CT molecular complexity index is 539.